The van der Waals surface area contributed by atoms with Crippen molar-refractivity contribution in [1.29, 1.82) is 0 Å². The van der Waals surface area contributed by atoms with Crippen LogP contribution in [0.15, 0.2) is 24.3 Å². The van der Waals surface area contributed by atoms with E-state index in [9.17, 15) is 18.3 Å². The largest absolute Gasteiger partial charge is 0.416 e. The zero-order valence-electron chi connectivity index (χ0n) is 11.2. The van der Waals surface area contributed by atoms with Gasteiger partial charge in [-0.2, -0.15) is 13.2 Å². The predicted octanol–water partition coefficient (Wildman–Crippen LogP) is 3.35. The molecule has 0 aliphatic rings. The van der Waals surface area contributed by atoms with Gasteiger partial charge in [0.1, 0.15) is 0 Å². The van der Waals surface area contributed by atoms with Gasteiger partial charge in [-0.1, -0.05) is 26.0 Å². The van der Waals surface area contributed by atoms with Crippen LogP contribution in [-0.4, -0.2) is 17.3 Å². The molecule has 0 unspecified atom stereocenters. The summed E-state index contributed by atoms with van der Waals surface area (Å²) in [5.74, 6) is 0. The summed E-state index contributed by atoms with van der Waals surface area (Å²) in [6, 6.07) is 5.08. The Bertz CT molecular complexity index is 374. The fraction of sp³-hybridized carbons (Fsp3) is 0.571. The zero-order valence-corrected chi connectivity index (χ0v) is 11.2. The summed E-state index contributed by atoms with van der Waals surface area (Å²) in [5.41, 5.74) is -0.230. The second kappa shape index (κ2) is 6.39. The molecule has 0 spiro atoms. The Morgan fingerprint density at radius 2 is 1.58 bits per heavy atom. The molecule has 5 heteroatoms. The quantitative estimate of drug-likeness (QED) is 0.834. The lowest BCUT2D eigenvalue weighted by Crippen LogP contribution is -2.47. The van der Waals surface area contributed by atoms with Gasteiger partial charge in [-0.05, 0) is 30.5 Å². The van der Waals surface area contributed by atoms with E-state index in [1.807, 2.05) is 13.8 Å². The number of benzene rings is 1. The average molecular weight is 275 g/mol. The Morgan fingerprint density at radius 3 is 1.95 bits per heavy atom. The fourth-order valence-corrected chi connectivity index (χ4v) is 1.88. The van der Waals surface area contributed by atoms with Gasteiger partial charge < -0.3 is 10.4 Å². The summed E-state index contributed by atoms with van der Waals surface area (Å²) in [6.45, 7) is 4.40. The summed E-state index contributed by atoms with van der Waals surface area (Å²) in [7, 11) is 0. The normalized spacial score (nSPS) is 12.7. The molecule has 0 radical (unpaired) electrons. The molecule has 1 rings (SSSR count). The van der Waals surface area contributed by atoms with E-state index < -0.39 is 11.7 Å². The Kier molecular flexibility index (Phi) is 5.38. The highest BCUT2D eigenvalue weighted by Gasteiger charge is 2.30. The highest BCUT2D eigenvalue weighted by Crippen LogP contribution is 2.29. The number of rotatable bonds is 6. The number of hydrogen-bond acceptors (Lipinski definition) is 2. The Labute approximate surface area is 111 Å². The molecule has 0 bridgehead atoms. The molecule has 1 aromatic rings. The van der Waals surface area contributed by atoms with E-state index >= 15 is 0 Å². The van der Waals surface area contributed by atoms with E-state index in [0.29, 0.717) is 6.54 Å². The lowest BCUT2D eigenvalue weighted by atomic mass is 9.93. The molecule has 2 N–H and O–H groups in total. The van der Waals surface area contributed by atoms with E-state index in [4.69, 9.17) is 0 Å². The zero-order chi connectivity index (χ0) is 14.5. The van der Waals surface area contributed by atoms with Gasteiger partial charge in [-0.25, -0.2) is 0 Å². The third-order valence-electron chi connectivity index (χ3n) is 3.60. The van der Waals surface area contributed by atoms with E-state index in [0.717, 1.165) is 30.5 Å². The minimum atomic E-state index is -4.30. The van der Waals surface area contributed by atoms with Crippen molar-refractivity contribution in [2.45, 2.75) is 44.9 Å². The van der Waals surface area contributed by atoms with Crippen LogP contribution >= 0.6 is 0 Å². The molecule has 0 aliphatic carbocycles. The topological polar surface area (TPSA) is 32.3 Å². The minimum absolute atomic E-state index is 0.0145. The van der Waals surface area contributed by atoms with E-state index in [1.54, 1.807) is 0 Å². The van der Waals surface area contributed by atoms with Crippen molar-refractivity contribution in [3.8, 4) is 0 Å². The summed E-state index contributed by atoms with van der Waals surface area (Å²) >= 11 is 0. The Morgan fingerprint density at radius 1 is 1.05 bits per heavy atom. The first-order valence-electron chi connectivity index (χ1n) is 6.39. The maximum absolute atomic E-state index is 12.4. The van der Waals surface area contributed by atoms with Crippen molar-refractivity contribution in [2.24, 2.45) is 0 Å². The molecule has 0 saturated carbocycles. The second-order valence-electron chi connectivity index (χ2n) is 4.69. The third-order valence-corrected chi connectivity index (χ3v) is 3.60. The number of halogens is 3. The number of aliphatic hydroxyl groups excluding tert-OH is 1. The van der Waals surface area contributed by atoms with Crippen molar-refractivity contribution in [2.75, 3.05) is 6.61 Å². The van der Waals surface area contributed by atoms with Gasteiger partial charge in [0.05, 0.1) is 12.2 Å². The monoisotopic (exact) mass is 275 g/mol. The van der Waals surface area contributed by atoms with Crippen LogP contribution in [0.2, 0.25) is 0 Å². The van der Waals surface area contributed by atoms with Gasteiger partial charge in [-0.15, -0.1) is 0 Å². The first-order chi connectivity index (χ1) is 8.87. The average Bonchev–Trinajstić information content (AvgIpc) is 2.40. The highest BCUT2D eigenvalue weighted by molar-refractivity contribution is 5.24. The second-order valence-corrected chi connectivity index (χ2v) is 4.69. The molecule has 0 aliphatic heterocycles. The lowest BCUT2D eigenvalue weighted by molar-refractivity contribution is -0.137. The molecule has 0 fully saturated rings. The maximum atomic E-state index is 12.4. The van der Waals surface area contributed by atoms with Gasteiger partial charge in [-0.3, -0.25) is 0 Å². The van der Waals surface area contributed by atoms with Crippen molar-refractivity contribution < 1.29 is 18.3 Å². The van der Waals surface area contributed by atoms with E-state index in [2.05, 4.69) is 5.32 Å². The van der Waals surface area contributed by atoms with Crippen LogP contribution in [0.1, 0.15) is 37.8 Å². The third kappa shape index (κ3) is 4.21. The summed E-state index contributed by atoms with van der Waals surface area (Å²) in [6.07, 6.45) is -2.77. The van der Waals surface area contributed by atoms with Crippen molar-refractivity contribution >= 4 is 0 Å². The SMILES string of the molecule is CCC(CC)(CO)NCc1ccc(C(F)(F)F)cc1. The van der Waals surface area contributed by atoms with E-state index in [-0.39, 0.29) is 12.1 Å². The first kappa shape index (κ1) is 16.0. The van der Waals surface area contributed by atoms with Gasteiger partial charge in [0.15, 0.2) is 0 Å². The van der Waals surface area contributed by atoms with Crippen LogP contribution in [-0.2, 0) is 12.7 Å². The highest BCUT2D eigenvalue weighted by atomic mass is 19.4. The Hall–Kier alpha value is -1.07. The first-order valence-corrected chi connectivity index (χ1v) is 6.39. The molecule has 0 saturated heterocycles. The number of nitrogens with one attached hydrogen (secondary N) is 1. The molecule has 0 amide bonds. The molecule has 19 heavy (non-hydrogen) atoms. The van der Waals surface area contributed by atoms with Crippen LogP contribution in [0.5, 0.6) is 0 Å². The summed E-state index contributed by atoms with van der Waals surface area (Å²) in [4.78, 5) is 0. The van der Waals surface area contributed by atoms with Crippen molar-refractivity contribution in [3.05, 3.63) is 35.4 Å². The van der Waals surface area contributed by atoms with Gasteiger partial charge in [0.2, 0.25) is 0 Å². The molecule has 0 aromatic heterocycles. The minimum Gasteiger partial charge on any atom is -0.394 e. The van der Waals surface area contributed by atoms with Crippen LogP contribution in [0.3, 0.4) is 0 Å². The molecule has 1 aromatic carbocycles. The van der Waals surface area contributed by atoms with Crippen LogP contribution in [0, 0.1) is 0 Å². The van der Waals surface area contributed by atoms with Crippen LogP contribution in [0.4, 0.5) is 13.2 Å². The molecule has 2 nitrogen and oxygen atoms in total. The molecule has 0 heterocycles. The molecule has 0 atom stereocenters. The Balaban J connectivity index is 2.69. The number of aliphatic hydroxyl groups is 1. The smallest absolute Gasteiger partial charge is 0.394 e. The predicted molar refractivity (Wildman–Crippen MR) is 68.7 cm³/mol. The standard InChI is InChI=1S/C14H20F3NO/c1-3-13(4-2,10-19)18-9-11-5-7-12(8-6-11)14(15,16)17/h5-8,18-19H,3-4,9-10H2,1-2H3. The molecular formula is C14H20F3NO. The lowest BCUT2D eigenvalue weighted by Gasteiger charge is -2.31. The van der Waals surface area contributed by atoms with Gasteiger partial charge in [0.25, 0.3) is 0 Å². The van der Waals surface area contributed by atoms with Gasteiger partial charge in [0, 0.05) is 12.1 Å². The maximum Gasteiger partial charge on any atom is 0.416 e. The van der Waals surface area contributed by atoms with Crippen molar-refractivity contribution in [1.82, 2.24) is 5.32 Å². The van der Waals surface area contributed by atoms with Crippen LogP contribution in [0.25, 0.3) is 0 Å². The van der Waals surface area contributed by atoms with Gasteiger partial charge >= 0.3 is 6.18 Å². The summed E-state index contributed by atoms with van der Waals surface area (Å²) in [5, 5.41) is 12.6. The fourth-order valence-electron chi connectivity index (χ4n) is 1.88. The number of hydrogen-bond donors (Lipinski definition) is 2. The van der Waals surface area contributed by atoms with Crippen LogP contribution < -0.4 is 5.32 Å². The molecular weight excluding hydrogens is 255 g/mol. The summed E-state index contributed by atoms with van der Waals surface area (Å²) < 4.78 is 37.2. The molecule has 108 valence electrons. The van der Waals surface area contributed by atoms with E-state index in [1.165, 1.54) is 12.1 Å². The number of alkyl halides is 3. The van der Waals surface area contributed by atoms with Crippen molar-refractivity contribution in [3.63, 3.8) is 0 Å².